The first-order valence-electron chi connectivity index (χ1n) is 2.51. The molecular formula is C5H8N2O. The highest BCUT2D eigenvalue weighted by atomic mass is 16.3. The fourth-order valence-electron chi connectivity index (χ4n) is 0.637. The molecule has 3 heteroatoms. The van der Waals surface area contributed by atoms with Crippen molar-refractivity contribution < 1.29 is 5.11 Å². The predicted molar refractivity (Wildman–Crippen MR) is 32.6 cm³/mol. The van der Waals surface area contributed by atoms with Gasteiger partial charge in [-0.1, -0.05) is 0 Å². The summed E-state index contributed by atoms with van der Waals surface area (Å²) in [6.07, 6.45) is -0.0741. The van der Waals surface area contributed by atoms with Gasteiger partial charge in [0.05, 0.1) is 5.71 Å². The maximum atomic E-state index is 8.79. The Morgan fingerprint density at radius 1 is 1.50 bits per heavy atom. The predicted octanol–water partition coefficient (Wildman–Crippen LogP) is 0.763. The van der Waals surface area contributed by atoms with Gasteiger partial charge in [-0.2, -0.15) is 0 Å². The zero-order valence-corrected chi connectivity index (χ0v) is 4.92. The number of hydrogen-bond acceptors (Lipinski definition) is 2. The lowest BCUT2D eigenvalue weighted by Crippen LogP contribution is -2.02. The highest BCUT2D eigenvalue weighted by molar-refractivity contribution is 6.38. The normalized spacial score (nSPS) is 27.5. The first-order valence-corrected chi connectivity index (χ1v) is 2.51. The summed E-state index contributed by atoms with van der Waals surface area (Å²) in [4.78, 5) is 7.67. The van der Waals surface area contributed by atoms with Crippen molar-refractivity contribution in [2.75, 3.05) is 0 Å². The average Bonchev–Trinajstić information content (AvgIpc) is 1.85. The summed E-state index contributed by atoms with van der Waals surface area (Å²) in [6, 6.07) is 0. The van der Waals surface area contributed by atoms with Gasteiger partial charge in [0.25, 0.3) is 0 Å². The highest BCUT2D eigenvalue weighted by Crippen LogP contribution is 2.01. The molecule has 0 amide bonds. The van der Waals surface area contributed by atoms with E-state index in [4.69, 9.17) is 5.11 Å². The van der Waals surface area contributed by atoms with Crippen molar-refractivity contribution in [1.29, 1.82) is 0 Å². The Balaban J connectivity index is 2.82. The molecule has 0 spiro atoms. The van der Waals surface area contributed by atoms with E-state index in [0.717, 1.165) is 0 Å². The van der Waals surface area contributed by atoms with Crippen LogP contribution in [0.5, 0.6) is 0 Å². The van der Waals surface area contributed by atoms with Crippen LogP contribution in [0.4, 0.5) is 0 Å². The van der Waals surface area contributed by atoms with E-state index in [9.17, 15) is 0 Å². The summed E-state index contributed by atoms with van der Waals surface area (Å²) < 4.78 is 0. The molecule has 0 bridgehead atoms. The molecule has 1 aliphatic rings. The van der Waals surface area contributed by atoms with Crippen LogP contribution in [0.3, 0.4) is 0 Å². The lowest BCUT2D eigenvalue weighted by molar-refractivity contribution is 0.559. The second-order valence-electron chi connectivity index (χ2n) is 1.80. The van der Waals surface area contributed by atoms with Crippen LogP contribution < -0.4 is 0 Å². The molecule has 1 atom stereocenters. The van der Waals surface area contributed by atoms with Crippen molar-refractivity contribution in [3.05, 3.63) is 0 Å². The minimum Gasteiger partial charge on any atom is -0.492 e. The third-order valence-corrected chi connectivity index (χ3v) is 1.01. The van der Waals surface area contributed by atoms with Crippen LogP contribution in [-0.4, -0.2) is 22.9 Å². The van der Waals surface area contributed by atoms with Crippen molar-refractivity contribution in [3.63, 3.8) is 0 Å². The molecular weight excluding hydrogens is 104 g/mol. The fraction of sp³-hybridized carbons (Fsp3) is 0.600. The van der Waals surface area contributed by atoms with E-state index >= 15 is 0 Å². The monoisotopic (exact) mass is 112 g/mol. The molecule has 44 valence electrons. The zero-order chi connectivity index (χ0) is 6.15. The number of rotatable bonds is 0. The molecule has 0 radical (unpaired) electrons. The van der Waals surface area contributed by atoms with Gasteiger partial charge in [-0.05, 0) is 13.8 Å². The SMILES string of the molecule is CC1=NC(C)N=C1O. The third kappa shape index (κ3) is 0.710. The Labute approximate surface area is 47.8 Å². The van der Waals surface area contributed by atoms with Crippen molar-refractivity contribution in [1.82, 2.24) is 0 Å². The van der Waals surface area contributed by atoms with Gasteiger partial charge in [0.2, 0.25) is 5.90 Å². The molecule has 0 fully saturated rings. The molecule has 0 saturated carbocycles. The van der Waals surface area contributed by atoms with Gasteiger partial charge in [0, 0.05) is 0 Å². The summed E-state index contributed by atoms with van der Waals surface area (Å²) >= 11 is 0. The van der Waals surface area contributed by atoms with Crippen molar-refractivity contribution in [2.24, 2.45) is 9.98 Å². The Bertz CT molecular complexity index is 142. The molecule has 8 heavy (non-hydrogen) atoms. The van der Waals surface area contributed by atoms with E-state index in [1.165, 1.54) is 0 Å². The van der Waals surface area contributed by atoms with Crippen LogP contribution >= 0.6 is 0 Å². The summed E-state index contributed by atoms with van der Waals surface area (Å²) in [5.41, 5.74) is 0.637. The molecule has 1 heterocycles. The topological polar surface area (TPSA) is 45.0 Å². The van der Waals surface area contributed by atoms with Gasteiger partial charge in [0.15, 0.2) is 0 Å². The Morgan fingerprint density at radius 2 is 2.12 bits per heavy atom. The molecule has 1 N–H and O–H groups in total. The number of hydrogen-bond donors (Lipinski definition) is 1. The van der Waals surface area contributed by atoms with E-state index < -0.39 is 0 Å². The van der Waals surface area contributed by atoms with E-state index in [0.29, 0.717) is 5.71 Å². The number of aliphatic imine (C=N–C) groups is 2. The van der Waals surface area contributed by atoms with E-state index in [-0.39, 0.29) is 12.1 Å². The highest BCUT2D eigenvalue weighted by Gasteiger charge is 2.10. The smallest absolute Gasteiger partial charge is 0.229 e. The number of aliphatic hydroxyl groups excluding tert-OH is 1. The maximum Gasteiger partial charge on any atom is 0.229 e. The van der Waals surface area contributed by atoms with Crippen molar-refractivity contribution >= 4 is 11.6 Å². The average molecular weight is 112 g/mol. The van der Waals surface area contributed by atoms with E-state index in [2.05, 4.69) is 9.98 Å². The zero-order valence-electron chi connectivity index (χ0n) is 4.92. The maximum absolute atomic E-state index is 8.79. The van der Waals surface area contributed by atoms with Crippen molar-refractivity contribution in [3.8, 4) is 0 Å². The molecule has 0 saturated heterocycles. The Hall–Kier alpha value is -0.860. The van der Waals surface area contributed by atoms with Gasteiger partial charge in [-0.15, -0.1) is 0 Å². The minimum atomic E-state index is -0.0741. The van der Waals surface area contributed by atoms with Gasteiger partial charge in [0.1, 0.15) is 6.17 Å². The molecule has 1 unspecified atom stereocenters. The summed E-state index contributed by atoms with van der Waals surface area (Å²) in [7, 11) is 0. The van der Waals surface area contributed by atoms with Crippen LogP contribution in [0.1, 0.15) is 13.8 Å². The van der Waals surface area contributed by atoms with Gasteiger partial charge >= 0.3 is 0 Å². The van der Waals surface area contributed by atoms with E-state index in [1.807, 2.05) is 6.92 Å². The third-order valence-electron chi connectivity index (χ3n) is 1.01. The molecule has 1 aliphatic heterocycles. The first kappa shape index (κ1) is 5.28. The molecule has 0 aromatic heterocycles. The van der Waals surface area contributed by atoms with Crippen LogP contribution in [0.15, 0.2) is 9.98 Å². The summed E-state index contributed by atoms with van der Waals surface area (Å²) in [5, 5.41) is 8.79. The largest absolute Gasteiger partial charge is 0.492 e. The van der Waals surface area contributed by atoms with E-state index in [1.54, 1.807) is 6.92 Å². The molecule has 0 aromatic carbocycles. The fourth-order valence-corrected chi connectivity index (χ4v) is 0.637. The molecule has 1 rings (SSSR count). The van der Waals surface area contributed by atoms with Gasteiger partial charge in [-0.25, -0.2) is 4.99 Å². The molecule has 0 aromatic rings. The summed E-state index contributed by atoms with van der Waals surface area (Å²) in [5.74, 6) is 0.0810. The lowest BCUT2D eigenvalue weighted by atomic mass is 10.4. The van der Waals surface area contributed by atoms with Crippen LogP contribution in [0.25, 0.3) is 0 Å². The van der Waals surface area contributed by atoms with Gasteiger partial charge < -0.3 is 5.11 Å². The molecule has 3 nitrogen and oxygen atoms in total. The Morgan fingerprint density at radius 3 is 2.25 bits per heavy atom. The number of nitrogens with zero attached hydrogens (tertiary/aromatic N) is 2. The lowest BCUT2D eigenvalue weighted by Gasteiger charge is -1.84. The van der Waals surface area contributed by atoms with Crippen LogP contribution in [0, 0.1) is 0 Å². The second-order valence-corrected chi connectivity index (χ2v) is 1.80. The quantitative estimate of drug-likeness (QED) is 0.494. The minimum absolute atomic E-state index is 0.0741. The summed E-state index contributed by atoms with van der Waals surface area (Å²) in [6.45, 7) is 3.56. The number of aliphatic hydroxyl groups is 1. The van der Waals surface area contributed by atoms with Gasteiger partial charge in [-0.3, -0.25) is 4.99 Å². The van der Waals surface area contributed by atoms with Crippen molar-refractivity contribution in [2.45, 2.75) is 20.0 Å². The van der Waals surface area contributed by atoms with Crippen LogP contribution in [0.2, 0.25) is 0 Å². The standard InChI is InChI=1S/C5H8N2O/c1-3-5(8)7-4(2)6-3/h4H,1-2H3,(H,7,8). The Kier molecular flexibility index (Phi) is 1.04. The van der Waals surface area contributed by atoms with Crippen LogP contribution in [-0.2, 0) is 0 Å². The first-order chi connectivity index (χ1) is 3.70. The second kappa shape index (κ2) is 1.58. The molecule has 0 aliphatic carbocycles.